The van der Waals surface area contributed by atoms with Crippen molar-refractivity contribution in [2.75, 3.05) is 5.73 Å². The van der Waals surface area contributed by atoms with Gasteiger partial charge in [-0.3, -0.25) is 0 Å². The van der Waals surface area contributed by atoms with E-state index in [1.165, 1.54) is 12.8 Å². The van der Waals surface area contributed by atoms with E-state index in [1.807, 2.05) is 29.8 Å². The second-order valence-electron chi connectivity index (χ2n) is 4.41. The van der Waals surface area contributed by atoms with Gasteiger partial charge in [0, 0.05) is 18.5 Å². The third-order valence-electron chi connectivity index (χ3n) is 3.16. The van der Waals surface area contributed by atoms with Crippen molar-refractivity contribution in [2.45, 2.75) is 18.8 Å². The molecular formula is C13H15N3. The van der Waals surface area contributed by atoms with Gasteiger partial charge in [-0.15, -0.1) is 0 Å². The van der Waals surface area contributed by atoms with E-state index in [9.17, 15) is 0 Å². The molecule has 1 saturated carbocycles. The van der Waals surface area contributed by atoms with Gasteiger partial charge in [-0.25, -0.2) is 4.98 Å². The van der Waals surface area contributed by atoms with Gasteiger partial charge in [0.05, 0.1) is 5.69 Å². The van der Waals surface area contributed by atoms with Crippen LogP contribution in [0.3, 0.4) is 0 Å². The van der Waals surface area contributed by atoms with E-state index in [-0.39, 0.29) is 0 Å². The van der Waals surface area contributed by atoms with Crippen LogP contribution in [0.5, 0.6) is 0 Å². The highest BCUT2D eigenvalue weighted by Crippen LogP contribution is 2.43. The Balaban J connectivity index is 2.11. The van der Waals surface area contributed by atoms with Crippen molar-refractivity contribution in [1.82, 2.24) is 9.55 Å². The molecule has 1 aliphatic carbocycles. The van der Waals surface area contributed by atoms with Gasteiger partial charge in [0.2, 0.25) is 0 Å². The van der Waals surface area contributed by atoms with Gasteiger partial charge in [-0.2, -0.15) is 0 Å². The molecule has 82 valence electrons. The van der Waals surface area contributed by atoms with Crippen LogP contribution in [0, 0.1) is 0 Å². The van der Waals surface area contributed by atoms with Gasteiger partial charge in [-0.05, 0) is 12.8 Å². The molecule has 3 heteroatoms. The number of anilines is 1. The van der Waals surface area contributed by atoms with Crippen molar-refractivity contribution in [2.24, 2.45) is 7.05 Å². The smallest absolute Gasteiger partial charge is 0.141 e. The van der Waals surface area contributed by atoms with Crippen LogP contribution in [0.25, 0.3) is 11.4 Å². The minimum absolute atomic E-state index is 0.601. The summed E-state index contributed by atoms with van der Waals surface area (Å²) in [5, 5.41) is 0. The Labute approximate surface area is 94.9 Å². The molecule has 2 N–H and O–H groups in total. The Bertz CT molecular complexity index is 509. The molecule has 3 nitrogen and oxygen atoms in total. The van der Waals surface area contributed by atoms with Gasteiger partial charge in [-0.1, -0.05) is 30.3 Å². The van der Waals surface area contributed by atoms with Crippen LogP contribution >= 0.6 is 0 Å². The first-order valence-electron chi connectivity index (χ1n) is 5.65. The van der Waals surface area contributed by atoms with E-state index >= 15 is 0 Å². The predicted octanol–water partition coefficient (Wildman–Crippen LogP) is 2.55. The SMILES string of the molecule is Cn1c(-c2ccccc2)nc(C2CC2)c1N. The second-order valence-corrected chi connectivity index (χ2v) is 4.41. The fourth-order valence-electron chi connectivity index (χ4n) is 2.03. The number of nitrogens with two attached hydrogens (primary N) is 1. The molecule has 0 spiro atoms. The lowest BCUT2D eigenvalue weighted by Crippen LogP contribution is -1.99. The first kappa shape index (κ1) is 9.46. The number of hydrogen-bond donors (Lipinski definition) is 1. The van der Waals surface area contributed by atoms with Gasteiger partial charge in [0.25, 0.3) is 0 Å². The number of nitrogen functional groups attached to an aromatic ring is 1. The van der Waals surface area contributed by atoms with E-state index in [2.05, 4.69) is 17.1 Å². The first-order valence-corrected chi connectivity index (χ1v) is 5.65. The van der Waals surface area contributed by atoms with E-state index in [0.29, 0.717) is 5.92 Å². The molecule has 0 saturated heterocycles. The molecule has 1 heterocycles. The largest absolute Gasteiger partial charge is 0.384 e. The fraction of sp³-hybridized carbons (Fsp3) is 0.308. The summed E-state index contributed by atoms with van der Waals surface area (Å²) in [6.45, 7) is 0. The molecule has 0 unspecified atom stereocenters. The summed E-state index contributed by atoms with van der Waals surface area (Å²) >= 11 is 0. The zero-order chi connectivity index (χ0) is 11.1. The zero-order valence-corrected chi connectivity index (χ0v) is 9.35. The lowest BCUT2D eigenvalue weighted by molar-refractivity contribution is 0.935. The van der Waals surface area contributed by atoms with Crippen molar-refractivity contribution in [3.63, 3.8) is 0 Å². The molecular weight excluding hydrogens is 198 g/mol. The van der Waals surface area contributed by atoms with Crippen molar-refractivity contribution in [3.05, 3.63) is 36.0 Å². The van der Waals surface area contributed by atoms with Crippen molar-refractivity contribution < 1.29 is 0 Å². The summed E-state index contributed by atoms with van der Waals surface area (Å²) in [5.41, 5.74) is 8.30. The van der Waals surface area contributed by atoms with Crippen LogP contribution < -0.4 is 5.73 Å². The third-order valence-corrected chi connectivity index (χ3v) is 3.16. The summed E-state index contributed by atoms with van der Waals surface area (Å²) < 4.78 is 1.99. The summed E-state index contributed by atoms with van der Waals surface area (Å²) in [5.74, 6) is 2.39. The molecule has 0 amide bonds. The van der Waals surface area contributed by atoms with Crippen molar-refractivity contribution in [1.29, 1.82) is 0 Å². The number of aromatic nitrogens is 2. The highest BCUT2D eigenvalue weighted by molar-refractivity contribution is 5.61. The van der Waals surface area contributed by atoms with Crippen LogP contribution in [0.1, 0.15) is 24.5 Å². The average Bonchev–Trinajstić information content (AvgIpc) is 3.10. The molecule has 0 aliphatic heterocycles. The zero-order valence-electron chi connectivity index (χ0n) is 9.35. The van der Waals surface area contributed by atoms with Crippen LogP contribution in [-0.2, 0) is 7.05 Å². The standard InChI is InChI=1S/C13H15N3/c1-16-12(14)11(9-7-8-9)15-13(16)10-5-3-2-4-6-10/h2-6,9H,7-8,14H2,1H3. The van der Waals surface area contributed by atoms with E-state index in [1.54, 1.807) is 0 Å². The second kappa shape index (κ2) is 3.37. The Hall–Kier alpha value is -1.77. The summed E-state index contributed by atoms with van der Waals surface area (Å²) in [6, 6.07) is 10.2. The minimum atomic E-state index is 0.601. The highest BCUT2D eigenvalue weighted by Gasteiger charge is 2.30. The number of imidazole rings is 1. The van der Waals surface area contributed by atoms with Gasteiger partial charge < -0.3 is 10.3 Å². The maximum atomic E-state index is 6.08. The quantitative estimate of drug-likeness (QED) is 0.833. The predicted molar refractivity (Wildman–Crippen MR) is 65.0 cm³/mol. The fourth-order valence-corrected chi connectivity index (χ4v) is 2.03. The monoisotopic (exact) mass is 213 g/mol. The minimum Gasteiger partial charge on any atom is -0.384 e. The maximum Gasteiger partial charge on any atom is 0.141 e. The topological polar surface area (TPSA) is 43.8 Å². The number of rotatable bonds is 2. The molecule has 0 atom stereocenters. The molecule has 0 radical (unpaired) electrons. The Morgan fingerprint density at radius 1 is 1.25 bits per heavy atom. The maximum absolute atomic E-state index is 6.08. The van der Waals surface area contributed by atoms with Gasteiger partial charge in [0.1, 0.15) is 11.6 Å². The van der Waals surface area contributed by atoms with E-state index < -0.39 is 0 Å². The average molecular weight is 213 g/mol. The molecule has 0 bridgehead atoms. The lowest BCUT2D eigenvalue weighted by atomic mass is 10.2. The molecule has 1 aliphatic rings. The molecule has 3 rings (SSSR count). The van der Waals surface area contributed by atoms with Crippen molar-refractivity contribution >= 4 is 5.82 Å². The summed E-state index contributed by atoms with van der Waals surface area (Å²) in [6.07, 6.45) is 2.46. The molecule has 1 fully saturated rings. The van der Waals surface area contributed by atoms with Gasteiger partial charge >= 0.3 is 0 Å². The summed E-state index contributed by atoms with van der Waals surface area (Å²) in [7, 11) is 1.98. The van der Waals surface area contributed by atoms with Gasteiger partial charge in [0.15, 0.2) is 0 Å². The first-order chi connectivity index (χ1) is 7.77. The third kappa shape index (κ3) is 1.40. The van der Waals surface area contributed by atoms with Crippen LogP contribution in [0.15, 0.2) is 30.3 Å². The molecule has 16 heavy (non-hydrogen) atoms. The van der Waals surface area contributed by atoms with E-state index in [4.69, 9.17) is 5.73 Å². The van der Waals surface area contributed by atoms with Crippen LogP contribution in [-0.4, -0.2) is 9.55 Å². The number of hydrogen-bond acceptors (Lipinski definition) is 2. The Kier molecular flexibility index (Phi) is 1.99. The molecule has 1 aromatic carbocycles. The van der Waals surface area contributed by atoms with Crippen molar-refractivity contribution in [3.8, 4) is 11.4 Å². The molecule has 2 aromatic rings. The lowest BCUT2D eigenvalue weighted by Gasteiger charge is -2.02. The van der Waals surface area contributed by atoms with Crippen LogP contribution in [0.2, 0.25) is 0 Å². The van der Waals surface area contributed by atoms with Crippen LogP contribution in [0.4, 0.5) is 5.82 Å². The molecule has 1 aromatic heterocycles. The number of nitrogens with zero attached hydrogens (tertiary/aromatic N) is 2. The summed E-state index contributed by atoms with van der Waals surface area (Å²) in [4.78, 5) is 4.68. The van der Waals surface area contributed by atoms with E-state index in [0.717, 1.165) is 22.9 Å². The normalized spacial score (nSPS) is 15.3. The number of benzene rings is 1. The Morgan fingerprint density at radius 2 is 1.94 bits per heavy atom. The Morgan fingerprint density at radius 3 is 2.56 bits per heavy atom. The highest BCUT2D eigenvalue weighted by atomic mass is 15.1.